The minimum atomic E-state index is -0.805. The molecular formula is C22H18N4O4. The molecule has 4 aromatic rings. The number of aryl methyl sites for hydroxylation is 2. The summed E-state index contributed by atoms with van der Waals surface area (Å²) < 4.78 is 18.4. The van der Waals surface area contributed by atoms with Crippen molar-refractivity contribution in [2.45, 2.75) is 26.9 Å². The average molecular weight is 402 g/mol. The fourth-order valence-electron chi connectivity index (χ4n) is 3.01. The van der Waals surface area contributed by atoms with Gasteiger partial charge in [-0.1, -0.05) is 17.7 Å². The third kappa shape index (κ3) is 3.49. The first kappa shape index (κ1) is 19.2. The van der Waals surface area contributed by atoms with E-state index in [-0.39, 0.29) is 22.9 Å². The molecule has 0 spiro atoms. The highest BCUT2D eigenvalue weighted by molar-refractivity contribution is 5.94. The lowest BCUT2D eigenvalue weighted by Gasteiger charge is -2.09. The summed E-state index contributed by atoms with van der Waals surface area (Å²) in [6, 6.07) is 13.2. The Morgan fingerprint density at radius 2 is 1.83 bits per heavy atom. The van der Waals surface area contributed by atoms with Gasteiger partial charge in [-0.05, 0) is 45.0 Å². The summed E-state index contributed by atoms with van der Waals surface area (Å²) in [6.45, 7) is 5.22. The summed E-state index contributed by atoms with van der Waals surface area (Å²) in [6.07, 6.45) is 2.64. The zero-order valence-corrected chi connectivity index (χ0v) is 16.6. The molecule has 8 heteroatoms. The van der Waals surface area contributed by atoms with Crippen LogP contribution in [0.1, 0.15) is 46.2 Å². The van der Waals surface area contributed by atoms with Crippen molar-refractivity contribution >= 4 is 5.97 Å². The zero-order chi connectivity index (χ0) is 21.3. The number of rotatable bonds is 5. The summed E-state index contributed by atoms with van der Waals surface area (Å²) in [7, 11) is 0. The quantitative estimate of drug-likeness (QED) is 0.451. The number of benzene rings is 1. The predicted octanol–water partition coefficient (Wildman–Crippen LogP) is 4.53. The molecule has 0 aliphatic heterocycles. The van der Waals surface area contributed by atoms with Gasteiger partial charge in [-0.2, -0.15) is 5.26 Å². The third-order valence-electron chi connectivity index (χ3n) is 4.59. The van der Waals surface area contributed by atoms with E-state index in [0.29, 0.717) is 11.7 Å². The van der Waals surface area contributed by atoms with Gasteiger partial charge in [-0.3, -0.25) is 4.57 Å². The van der Waals surface area contributed by atoms with Crippen LogP contribution in [0.2, 0.25) is 0 Å². The van der Waals surface area contributed by atoms with Gasteiger partial charge >= 0.3 is 5.97 Å². The van der Waals surface area contributed by atoms with E-state index in [1.165, 1.54) is 0 Å². The van der Waals surface area contributed by atoms with E-state index in [9.17, 15) is 10.1 Å². The Balaban J connectivity index is 1.56. The lowest BCUT2D eigenvalue weighted by atomic mass is 10.1. The highest BCUT2D eigenvalue weighted by Crippen LogP contribution is 2.28. The van der Waals surface area contributed by atoms with E-state index in [2.05, 4.69) is 10.2 Å². The number of nitrogens with zero attached hydrogens (tertiary/aromatic N) is 4. The molecule has 0 unspecified atom stereocenters. The number of ether oxygens (including phenoxy) is 1. The second-order valence-electron chi connectivity index (χ2n) is 6.77. The van der Waals surface area contributed by atoms with Gasteiger partial charge in [0.05, 0.1) is 0 Å². The Bertz CT molecular complexity index is 1230. The standard InChI is InChI=1S/C22H18N4O4/c1-13-6-8-16(9-7-13)20-25-24-19(30-20)15(3)29-22(27)18-14(2)28-21(17(18)12-23)26-10-4-5-11-26/h4-11,15H,1-3H3/t15-/m0/s1. The Morgan fingerprint density at radius 3 is 2.50 bits per heavy atom. The Hall–Kier alpha value is -4.12. The van der Waals surface area contributed by atoms with Gasteiger partial charge in [0.25, 0.3) is 5.89 Å². The normalized spacial score (nSPS) is 11.8. The molecule has 0 saturated carbocycles. The van der Waals surface area contributed by atoms with Crippen molar-refractivity contribution < 1.29 is 18.4 Å². The summed E-state index contributed by atoms with van der Waals surface area (Å²) in [5, 5.41) is 17.6. The van der Waals surface area contributed by atoms with Crippen molar-refractivity contribution in [1.29, 1.82) is 5.26 Å². The number of esters is 1. The molecule has 0 aliphatic carbocycles. The van der Waals surface area contributed by atoms with E-state index in [0.717, 1.165) is 11.1 Å². The topological polar surface area (TPSA) is 107 Å². The highest BCUT2D eigenvalue weighted by Gasteiger charge is 2.28. The molecule has 0 saturated heterocycles. The van der Waals surface area contributed by atoms with E-state index in [1.54, 1.807) is 42.9 Å². The minimum Gasteiger partial charge on any atom is -0.449 e. The van der Waals surface area contributed by atoms with Crippen molar-refractivity contribution in [1.82, 2.24) is 14.8 Å². The largest absolute Gasteiger partial charge is 0.449 e. The van der Waals surface area contributed by atoms with Gasteiger partial charge in [0.15, 0.2) is 6.10 Å². The first-order chi connectivity index (χ1) is 14.5. The van der Waals surface area contributed by atoms with E-state index < -0.39 is 12.1 Å². The van der Waals surface area contributed by atoms with Gasteiger partial charge in [0.1, 0.15) is 23.0 Å². The highest BCUT2D eigenvalue weighted by atomic mass is 16.6. The van der Waals surface area contributed by atoms with E-state index in [1.807, 2.05) is 37.3 Å². The van der Waals surface area contributed by atoms with Crippen LogP contribution in [0, 0.1) is 25.2 Å². The van der Waals surface area contributed by atoms with Crippen LogP contribution in [-0.2, 0) is 4.74 Å². The molecule has 150 valence electrons. The maximum Gasteiger partial charge on any atom is 0.343 e. The van der Waals surface area contributed by atoms with Gasteiger partial charge in [-0.15, -0.1) is 10.2 Å². The van der Waals surface area contributed by atoms with Gasteiger partial charge in [0, 0.05) is 18.0 Å². The molecule has 0 fully saturated rings. The molecule has 0 N–H and O–H groups in total. The zero-order valence-electron chi connectivity index (χ0n) is 16.6. The van der Waals surface area contributed by atoms with Crippen LogP contribution in [-0.4, -0.2) is 20.7 Å². The molecule has 8 nitrogen and oxygen atoms in total. The van der Waals surface area contributed by atoms with Crippen LogP contribution in [0.3, 0.4) is 0 Å². The first-order valence-electron chi connectivity index (χ1n) is 9.26. The lowest BCUT2D eigenvalue weighted by molar-refractivity contribution is 0.0277. The van der Waals surface area contributed by atoms with Crippen molar-refractivity contribution in [2.24, 2.45) is 0 Å². The van der Waals surface area contributed by atoms with Crippen molar-refractivity contribution in [2.75, 3.05) is 0 Å². The molecule has 1 aromatic carbocycles. The van der Waals surface area contributed by atoms with Crippen molar-refractivity contribution in [3.8, 4) is 23.4 Å². The molecule has 3 aromatic heterocycles. The lowest BCUT2D eigenvalue weighted by Crippen LogP contribution is -2.11. The summed E-state index contributed by atoms with van der Waals surface area (Å²) in [5.41, 5.74) is 2.06. The Morgan fingerprint density at radius 1 is 1.13 bits per heavy atom. The van der Waals surface area contributed by atoms with Gasteiger partial charge in [-0.25, -0.2) is 4.79 Å². The van der Waals surface area contributed by atoms with Crippen LogP contribution in [0.4, 0.5) is 0 Å². The second kappa shape index (κ2) is 7.72. The van der Waals surface area contributed by atoms with E-state index in [4.69, 9.17) is 13.6 Å². The van der Waals surface area contributed by atoms with Gasteiger partial charge < -0.3 is 13.6 Å². The van der Waals surface area contributed by atoms with Crippen LogP contribution in [0.5, 0.6) is 0 Å². The smallest absolute Gasteiger partial charge is 0.343 e. The molecule has 0 aliphatic rings. The fraction of sp³-hybridized carbons (Fsp3) is 0.182. The van der Waals surface area contributed by atoms with Crippen LogP contribution in [0.25, 0.3) is 17.3 Å². The van der Waals surface area contributed by atoms with Crippen molar-refractivity contribution in [3.05, 3.63) is 77.1 Å². The fourth-order valence-corrected chi connectivity index (χ4v) is 3.01. The summed E-state index contributed by atoms with van der Waals surface area (Å²) >= 11 is 0. The maximum atomic E-state index is 12.8. The molecule has 0 radical (unpaired) electrons. The first-order valence-corrected chi connectivity index (χ1v) is 9.26. The third-order valence-corrected chi connectivity index (χ3v) is 4.59. The maximum absolute atomic E-state index is 12.8. The van der Waals surface area contributed by atoms with E-state index >= 15 is 0 Å². The number of furan rings is 1. The number of aromatic nitrogens is 3. The van der Waals surface area contributed by atoms with Crippen LogP contribution in [0.15, 0.2) is 57.6 Å². The minimum absolute atomic E-state index is 0.0753. The molecule has 0 bridgehead atoms. The molecule has 1 atom stereocenters. The van der Waals surface area contributed by atoms with Crippen LogP contribution >= 0.6 is 0 Å². The molecule has 30 heavy (non-hydrogen) atoms. The number of nitriles is 1. The second-order valence-corrected chi connectivity index (χ2v) is 6.77. The Kier molecular flexibility index (Phi) is 4.94. The SMILES string of the molecule is Cc1ccc(-c2nnc([C@H](C)OC(=O)c3c(C)oc(-n4cccc4)c3C#N)o2)cc1. The number of carbonyl (C=O) groups is 1. The Labute approximate surface area is 172 Å². The monoisotopic (exact) mass is 402 g/mol. The average Bonchev–Trinajstić information content (AvgIpc) is 3.47. The summed E-state index contributed by atoms with van der Waals surface area (Å²) in [4.78, 5) is 12.8. The molecule has 3 heterocycles. The van der Waals surface area contributed by atoms with Crippen LogP contribution < -0.4 is 0 Å². The number of carbonyl (C=O) groups excluding carboxylic acids is 1. The van der Waals surface area contributed by atoms with Crippen molar-refractivity contribution in [3.63, 3.8) is 0 Å². The number of hydrogen-bond acceptors (Lipinski definition) is 7. The molecular weight excluding hydrogens is 384 g/mol. The number of hydrogen-bond donors (Lipinski definition) is 0. The predicted molar refractivity (Wildman–Crippen MR) is 106 cm³/mol. The molecule has 4 rings (SSSR count). The summed E-state index contributed by atoms with van der Waals surface area (Å²) in [5.74, 6) is 0.343. The van der Waals surface area contributed by atoms with Gasteiger partial charge in [0.2, 0.25) is 11.8 Å². The molecule has 0 amide bonds.